The van der Waals surface area contributed by atoms with Gasteiger partial charge in [-0.05, 0) is 31.4 Å². The summed E-state index contributed by atoms with van der Waals surface area (Å²) in [6, 6.07) is 11.4. The molecule has 2 N–H and O–H groups in total. The zero-order valence-electron chi connectivity index (χ0n) is 13.8. The quantitative estimate of drug-likeness (QED) is 0.887. The molecule has 4 rings (SSSR count). The highest BCUT2D eigenvalue weighted by atomic mass is 16.2. The van der Waals surface area contributed by atoms with Crippen molar-refractivity contribution in [2.45, 2.75) is 37.8 Å². The first-order chi connectivity index (χ1) is 11.8. The van der Waals surface area contributed by atoms with E-state index in [1.54, 1.807) is 6.33 Å². The van der Waals surface area contributed by atoms with E-state index in [9.17, 15) is 4.79 Å². The molecule has 0 bridgehead atoms. The lowest BCUT2D eigenvalue weighted by atomic mass is 9.93. The van der Waals surface area contributed by atoms with Crippen LogP contribution in [-0.2, 0) is 11.2 Å². The van der Waals surface area contributed by atoms with Crippen LogP contribution in [0.2, 0.25) is 0 Å². The van der Waals surface area contributed by atoms with Gasteiger partial charge in [0.1, 0.15) is 0 Å². The monoisotopic (exact) mass is 324 g/mol. The van der Waals surface area contributed by atoms with Crippen LogP contribution in [0, 0.1) is 5.92 Å². The first-order valence-corrected chi connectivity index (χ1v) is 8.88. The molecule has 1 amide bonds. The molecular formula is C19H24N4O. The Hall–Kier alpha value is -2.14. The summed E-state index contributed by atoms with van der Waals surface area (Å²) in [4.78, 5) is 22.4. The Bertz CT molecular complexity index is 670. The van der Waals surface area contributed by atoms with Crippen molar-refractivity contribution in [1.82, 2.24) is 20.2 Å². The Morgan fingerprint density at radius 1 is 1.33 bits per heavy atom. The lowest BCUT2D eigenvalue weighted by Crippen LogP contribution is -2.38. The van der Waals surface area contributed by atoms with Gasteiger partial charge < -0.3 is 10.3 Å². The smallest absolute Gasteiger partial charge is 0.224 e. The van der Waals surface area contributed by atoms with E-state index in [2.05, 4.69) is 50.5 Å². The number of aromatic amines is 1. The van der Waals surface area contributed by atoms with Crippen molar-refractivity contribution in [3.8, 4) is 0 Å². The van der Waals surface area contributed by atoms with Crippen molar-refractivity contribution in [2.24, 2.45) is 5.92 Å². The molecule has 2 aromatic rings. The summed E-state index contributed by atoms with van der Waals surface area (Å²) in [6.45, 7) is 1.78. The van der Waals surface area contributed by atoms with Crippen LogP contribution in [0.25, 0.3) is 0 Å². The van der Waals surface area contributed by atoms with Crippen molar-refractivity contribution in [1.29, 1.82) is 0 Å². The number of fused-ring (bicyclic) bond motifs is 1. The molecule has 24 heavy (non-hydrogen) atoms. The van der Waals surface area contributed by atoms with Crippen LogP contribution in [0.15, 0.2) is 42.9 Å². The number of carbonyl (C=O) groups excluding carboxylic acids is 1. The second kappa shape index (κ2) is 6.77. The Kier molecular flexibility index (Phi) is 4.34. The molecule has 2 unspecified atom stereocenters. The van der Waals surface area contributed by atoms with Gasteiger partial charge in [0.2, 0.25) is 5.91 Å². The molecule has 0 radical (unpaired) electrons. The van der Waals surface area contributed by atoms with Gasteiger partial charge in [0.15, 0.2) is 0 Å². The van der Waals surface area contributed by atoms with Gasteiger partial charge in [-0.25, -0.2) is 4.98 Å². The number of nitrogens with one attached hydrogen (secondary N) is 2. The van der Waals surface area contributed by atoms with Gasteiger partial charge >= 0.3 is 0 Å². The molecule has 5 heteroatoms. The van der Waals surface area contributed by atoms with Gasteiger partial charge in [-0.2, -0.15) is 0 Å². The number of hydrogen-bond acceptors (Lipinski definition) is 3. The molecule has 5 nitrogen and oxygen atoms in total. The van der Waals surface area contributed by atoms with Crippen LogP contribution in [0.4, 0.5) is 0 Å². The maximum atomic E-state index is 12.7. The molecule has 2 fully saturated rings. The predicted molar refractivity (Wildman–Crippen MR) is 92.3 cm³/mol. The van der Waals surface area contributed by atoms with Crippen molar-refractivity contribution >= 4 is 5.91 Å². The summed E-state index contributed by atoms with van der Waals surface area (Å²) in [5.74, 6) is 0.323. The van der Waals surface area contributed by atoms with E-state index in [1.165, 1.54) is 12.0 Å². The van der Waals surface area contributed by atoms with Gasteiger partial charge in [-0.15, -0.1) is 0 Å². The van der Waals surface area contributed by atoms with Crippen molar-refractivity contribution in [2.75, 3.05) is 13.1 Å². The molecule has 0 aliphatic carbocycles. The molecular weight excluding hydrogens is 300 g/mol. The molecule has 3 atom stereocenters. The molecule has 1 aromatic carbocycles. The SMILES string of the molecule is O=C(NCCc1cnc[nH]1)C1CC(c2ccccc2)N2CCC[C@@H]12. The molecule has 1 aromatic heterocycles. The first-order valence-electron chi connectivity index (χ1n) is 8.88. The van der Waals surface area contributed by atoms with Crippen LogP contribution in [0.3, 0.4) is 0 Å². The predicted octanol–water partition coefficient (Wildman–Crippen LogP) is 2.29. The van der Waals surface area contributed by atoms with Crippen molar-refractivity contribution in [3.63, 3.8) is 0 Å². The van der Waals surface area contributed by atoms with E-state index in [-0.39, 0.29) is 11.8 Å². The summed E-state index contributed by atoms with van der Waals surface area (Å²) in [6.07, 6.45) is 7.56. The van der Waals surface area contributed by atoms with Crippen LogP contribution < -0.4 is 5.32 Å². The average Bonchev–Trinajstić information content (AvgIpc) is 3.33. The van der Waals surface area contributed by atoms with Crippen LogP contribution in [0.1, 0.15) is 36.6 Å². The van der Waals surface area contributed by atoms with Crippen molar-refractivity contribution in [3.05, 3.63) is 54.1 Å². The third-order valence-corrected chi connectivity index (χ3v) is 5.45. The van der Waals surface area contributed by atoms with E-state index >= 15 is 0 Å². The topological polar surface area (TPSA) is 61.0 Å². The van der Waals surface area contributed by atoms with Gasteiger partial charge in [0.05, 0.1) is 12.2 Å². The Morgan fingerprint density at radius 3 is 3.00 bits per heavy atom. The molecule has 2 aliphatic heterocycles. The highest BCUT2D eigenvalue weighted by molar-refractivity contribution is 5.80. The maximum absolute atomic E-state index is 12.7. The summed E-state index contributed by atoms with van der Waals surface area (Å²) in [5, 5.41) is 3.13. The second-order valence-corrected chi connectivity index (χ2v) is 6.83. The van der Waals surface area contributed by atoms with Crippen LogP contribution in [-0.4, -0.2) is 39.9 Å². The molecule has 2 aliphatic rings. The molecule has 0 spiro atoms. The number of hydrogen-bond donors (Lipinski definition) is 2. The van der Waals surface area contributed by atoms with E-state index in [0.717, 1.165) is 31.5 Å². The summed E-state index contributed by atoms with van der Waals surface area (Å²) in [5.41, 5.74) is 2.41. The third-order valence-electron chi connectivity index (χ3n) is 5.45. The van der Waals surface area contributed by atoms with Gasteiger partial charge in [-0.1, -0.05) is 30.3 Å². The number of H-pyrrole nitrogens is 1. The van der Waals surface area contributed by atoms with Gasteiger partial charge in [0.25, 0.3) is 0 Å². The first kappa shape index (κ1) is 15.4. The summed E-state index contributed by atoms with van der Waals surface area (Å²) in [7, 11) is 0. The Labute approximate surface area is 142 Å². The van der Waals surface area contributed by atoms with E-state index in [4.69, 9.17) is 0 Å². The average molecular weight is 324 g/mol. The number of imidazole rings is 1. The van der Waals surface area contributed by atoms with Gasteiger partial charge in [-0.3, -0.25) is 9.69 Å². The lowest BCUT2D eigenvalue weighted by Gasteiger charge is -2.24. The number of carbonyl (C=O) groups is 1. The maximum Gasteiger partial charge on any atom is 0.224 e. The van der Waals surface area contributed by atoms with E-state index in [0.29, 0.717) is 18.6 Å². The van der Waals surface area contributed by atoms with Crippen molar-refractivity contribution < 1.29 is 4.79 Å². The zero-order chi connectivity index (χ0) is 16.4. The summed E-state index contributed by atoms with van der Waals surface area (Å²) < 4.78 is 0. The third kappa shape index (κ3) is 2.96. The Balaban J connectivity index is 1.40. The zero-order valence-corrected chi connectivity index (χ0v) is 13.8. The summed E-state index contributed by atoms with van der Waals surface area (Å²) >= 11 is 0. The fourth-order valence-corrected chi connectivity index (χ4v) is 4.32. The number of aromatic nitrogens is 2. The lowest BCUT2D eigenvalue weighted by molar-refractivity contribution is -0.125. The van der Waals surface area contributed by atoms with E-state index in [1.807, 2.05) is 6.20 Å². The largest absolute Gasteiger partial charge is 0.355 e. The molecule has 0 saturated carbocycles. The highest BCUT2D eigenvalue weighted by Gasteiger charge is 2.46. The minimum absolute atomic E-state index is 0.111. The highest BCUT2D eigenvalue weighted by Crippen LogP contribution is 2.44. The normalized spacial score (nSPS) is 26.4. The number of rotatable bonds is 5. The van der Waals surface area contributed by atoms with Gasteiger partial charge in [0, 0.05) is 36.9 Å². The molecule has 3 heterocycles. The minimum Gasteiger partial charge on any atom is -0.355 e. The second-order valence-electron chi connectivity index (χ2n) is 6.83. The standard InChI is InChI=1S/C19H24N4O/c24-19(21-9-8-15-12-20-13-22-15)16-11-18(14-5-2-1-3-6-14)23-10-4-7-17(16)23/h1-3,5-6,12-13,16-18H,4,7-11H2,(H,20,22)(H,21,24)/t16?,17-,18?/m0/s1. The van der Waals surface area contributed by atoms with E-state index < -0.39 is 0 Å². The van der Waals surface area contributed by atoms with Crippen LogP contribution >= 0.6 is 0 Å². The number of nitrogens with zero attached hydrogens (tertiary/aromatic N) is 2. The minimum atomic E-state index is 0.111. The Morgan fingerprint density at radius 2 is 2.21 bits per heavy atom. The number of amides is 1. The number of benzene rings is 1. The fraction of sp³-hybridized carbons (Fsp3) is 0.474. The molecule has 2 saturated heterocycles. The fourth-order valence-electron chi connectivity index (χ4n) is 4.32. The van der Waals surface area contributed by atoms with Crippen LogP contribution in [0.5, 0.6) is 0 Å². The molecule has 126 valence electrons.